The van der Waals surface area contributed by atoms with Crippen molar-refractivity contribution in [2.75, 3.05) is 0 Å². The van der Waals surface area contributed by atoms with E-state index in [0.29, 0.717) is 13.2 Å². The van der Waals surface area contributed by atoms with Crippen LogP contribution < -0.4 is 5.32 Å². The van der Waals surface area contributed by atoms with Gasteiger partial charge in [-0.3, -0.25) is 0 Å². The Kier molecular flexibility index (Phi) is 4.46. The SMILES string of the molecule is c1ccc(COCc2ccc(CNC3CC3)cc2)cc1. The first-order chi connectivity index (χ1) is 9.90. The summed E-state index contributed by atoms with van der Waals surface area (Å²) < 4.78 is 5.74. The summed E-state index contributed by atoms with van der Waals surface area (Å²) in [5.41, 5.74) is 3.80. The van der Waals surface area contributed by atoms with E-state index < -0.39 is 0 Å². The first-order valence-corrected chi connectivity index (χ1v) is 7.33. The first-order valence-electron chi connectivity index (χ1n) is 7.33. The van der Waals surface area contributed by atoms with Crippen molar-refractivity contribution in [1.29, 1.82) is 0 Å². The third kappa shape index (κ3) is 4.19. The maximum atomic E-state index is 5.74. The van der Waals surface area contributed by atoms with E-state index in [-0.39, 0.29) is 0 Å². The maximum absolute atomic E-state index is 5.74. The molecule has 1 N–H and O–H groups in total. The van der Waals surface area contributed by atoms with Crippen molar-refractivity contribution >= 4 is 0 Å². The molecule has 104 valence electrons. The monoisotopic (exact) mass is 267 g/mol. The summed E-state index contributed by atoms with van der Waals surface area (Å²) in [6.45, 7) is 2.33. The van der Waals surface area contributed by atoms with Crippen LogP contribution in [0.15, 0.2) is 54.6 Å². The summed E-state index contributed by atoms with van der Waals surface area (Å²) in [7, 11) is 0. The lowest BCUT2D eigenvalue weighted by Gasteiger charge is -2.07. The number of hydrogen-bond acceptors (Lipinski definition) is 2. The van der Waals surface area contributed by atoms with E-state index in [4.69, 9.17) is 4.74 Å². The van der Waals surface area contributed by atoms with Gasteiger partial charge < -0.3 is 10.1 Å². The molecule has 0 unspecified atom stereocenters. The maximum Gasteiger partial charge on any atom is 0.0721 e. The van der Waals surface area contributed by atoms with Gasteiger partial charge in [-0.05, 0) is 29.5 Å². The molecule has 0 atom stereocenters. The molecular formula is C18H21NO. The molecule has 0 radical (unpaired) electrons. The van der Waals surface area contributed by atoms with Crippen molar-refractivity contribution in [3.8, 4) is 0 Å². The van der Waals surface area contributed by atoms with E-state index in [0.717, 1.165) is 12.6 Å². The quantitative estimate of drug-likeness (QED) is 0.826. The Bertz CT molecular complexity index is 517. The summed E-state index contributed by atoms with van der Waals surface area (Å²) in [6, 6.07) is 19.8. The van der Waals surface area contributed by atoms with Crippen LogP contribution in [-0.2, 0) is 24.5 Å². The summed E-state index contributed by atoms with van der Waals surface area (Å²) in [5.74, 6) is 0. The van der Waals surface area contributed by atoms with Crippen LogP contribution in [0.5, 0.6) is 0 Å². The zero-order valence-corrected chi connectivity index (χ0v) is 11.7. The number of rotatable bonds is 7. The molecule has 1 fully saturated rings. The van der Waals surface area contributed by atoms with Crippen LogP contribution in [0.2, 0.25) is 0 Å². The lowest BCUT2D eigenvalue weighted by molar-refractivity contribution is 0.107. The van der Waals surface area contributed by atoms with Crippen molar-refractivity contribution in [2.24, 2.45) is 0 Å². The van der Waals surface area contributed by atoms with Gasteiger partial charge in [-0.2, -0.15) is 0 Å². The summed E-state index contributed by atoms with van der Waals surface area (Å²) in [4.78, 5) is 0. The molecule has 1 saturated carbocycles. The Morgan fingerprint density at radius 3 is 2.05 bits per heavy atom. The predicted octanol–water partition coefficient (Wildman–Crippen LogP) is 3.66. The van der Waals surface area contributed by atoms with Crippen LogP contribution in [0.3, 0.4) is 0 Å². The molecule has 0 heterocycles. The van der Waals surface area contributed by atoms with Crippen LogP contribution in [-0.4, -0.2) is 6.04 Å². The lowest BCUT2D eigenvalue weighted by Crippen LogP contribution is -2.15. The topological polar surface area (TPSA) is 21.3 Å². The van der Waals surface area contributed by atoms with Gasteiger partial charge in [0.25, 0.3) is 0 Å². The Labute approximate surface area is 120 Å². The standard InChI is InChI=1S/C18H21NO/c1-2-4-16(5-3-1)13-20-14-17-8-6-15(7-9-17)12-19-18-10-11-18/h1-9,18-19H,10-14H2. The molecule has 0 bridgehead atoms. The minimum atomic E-state index is 0.672. The highest BCUT2D eigenvalue weighted by Crippen LogP contribution is 2.19. The Morgan fingerprint density at radius 2 is 1.40 bits per heavy atom. The zero-order chi connectivity index (χ0) is 13.6. The summed E-state index contributed by atoms with van der Waals surface area (Å²) in [5, 5.41) is 3.53. The van der Waals surface area contributed by atoms with Gasteiger partial charge in [-0.15, -0.1) is 0 Å². The predicted molar refractivity (Wildman–Crippen MR) is 81.2 cm³/mol. The van der Waals surface area contributed by atoms with Gasteiger partial charge in [0.2, 0.25) is 0 Å². The molecule has 20 heavy (non-hydrogen) atoms. The number of nitrogens with one attached hydrogen (secondary N) is 1. The third-order valence-electron chi connectivity index (χ3n) is 3.58. The average molecular weight is 267 g/mol. The molecule has 2 nitrogen and oxygen atoms in total. The molecular weight excluding hydrogens is 246 g/mol. The van der Waals surface area contributed by atoms with E-state index in [1.165, 1.54) is 29.5 Å². The van der Waals surface area contributed by atoms with Crippen molar-refractivity contribution in [2.45, 2.75) is 38.6 Å². The van der Waals surface area contributed by atoms with E-state index in [1.807, 2.05) is 18.2 Å². The van der Waals surface area contributed by atoms with Gasteiger partial charge in [0.15, 0.2) is 0 Å². The zero-order valence-electron chi connectivity index (χ0n) is 11.7. The Morgan fingerprint density at radius 1 is 0.800 bits per heavy atom. The highest BCUT2D eigenvalue weighted by Gasteiger charge is 2.19. The van der Waals surface area contributed by atoms with Gasteiger partial charge in [-0.1, -0.05) is 54.6 Å². The smallest absolute Gasteiger partial charge is 0.0721 e. The fourth-order valence-corrected chi connectivity index (χ4v) is 2.16. The van der Waals surface area contributed by atoms with Gasteiger partial charge in [0.1, 0.15) is 0 Å². The van der Waals surface area contributed by atoms with Crippen LogP contribution >= 0.6 is 0 Å². The molecule has 1 aliphatic carbocycles. The molecule has 2 aromatic rings. The van der Waals surface area contributed by atoms with Crippen LogP contribution in [0.1, 0.15) is 29.5 Å². The number of benzene rings is 2. The average Bonchev–Trinajstić information content (AvgIpc) is 3.32. The highest BCUT2D eigenvalue weighted by molar-refractivity contribution is 5.22. The Balaban J connectivity index is 1.43. The highest BCUT2D eigenvalue weighted by atomic mass is 16.5. The van der Waals surface area contributed by atoms with Gasteiger partial charge in [0.05, 0.1) is 13.2 Å². The molecule has 0 aromatic heterocycles. The third-order valence-corrected chi connectivity index (χ3v) is 3.58. The van der Waals surface area contributed by atoms with E-state index in [9.17, 15) is 0 Å². The van der Waals surface area contributed by atoms with E-state index in [2.05, 4.69) is 41.7 Å². The fourth-order valence-electron chi connectivity index (χ4n) is 2.16. The molecule has 2 heteroatoms. The molecule has 0 spiro atoms. The summed E-state index contributed by atoms with van der Waals surface area (Å²) in [6.07, 6.45) is 2.68. The largest absolute Gasteiger partial charge is 0.372 e. The summed E-state index contributed by atoms with van der Waals surface area (Å²) >= 11 is 0. The van der Waals surface area contributed by atoms with Crippen molar-refractivity contribution in [3.63, 3.8) is 0 Å². The molecule has 3 rings (SSSR count). The molecule has 0 aliphatic heterocycles. The molecule has 0 amide bonds. The van der Waals surface area contributed by atoms with Crippen LogP contribution in [0, 0.1) is 0 Å². The molecule has 2 aromatic carbocycles. The van der Waals surface area contributed by atoms with Crippen LogP contribution in [0.25, 0.3) is 0 Å². The second-order valence-electron chi connectivity index (χ2n) is 5.45. The van der Waals surface area contributed by atoms with E-state index in [1.54, 1.807) is 0 Å². The molecule has 1 aliphatic rings. The number of hydrogen-bond donors (Lipinski definition) is 1. The minimum absolute atomic E-state index is 0.672. The second-order valence-corrected chi connectivity index (χ2v) is 5.45. The van der Waals surface area contributed by atoms with Crippen LogP contribution in [0.4, 0.5) is 0 Å². The van der Waals surface area contributed by atoms with Gasteiger partial charge in [-0.25, -0.2) is 0 Å². The fraction of sp³-hybridized carbons (Fsp3) is 0.333. The van der Waals surface area contributed by atoms with Crippen molar-refractivity contribution in [3.05, 3.63) is 71.3 Å². The van der Waals surface area contributed by atoms with Gasteiger partial charge >= 0.3 is 0 Å². The van der Waals surface area contributed by atoms with Crippen molar-refractivity contribution < 1.29 is 4.74 Å². The van der Waals surface area contributed by atoms with E-state index >= 15 is 0 Å². The van der Waals surface area contributed by atoms with Crippen molar-refractivity contribution in [1.82, 2.24) is 5.32 Å². The second kappa shape index (κ2) is 6.69. The number of ether oxygens (including phenoxy) is 1. The lowest BCUT2D eigenvalue weighted by atomic mass is 10.1. The Hall–Kier alpha value is -1.64. The minimum Gasteiger partial charge on any atom is -0.372 e. The first kappa shape index (κ1) is 13.3. The molecule has 0 saturated heterocycles. The van der Waals surface area contributed by atoms with Gasteiger partial charge in [0, 0.05) is 12.6 Å². The normalized spacial score (nSPS) is 14.4.